The topological polar surface area (TPSA) is 55.4 Å². The van der Waals surface area contributed by atoms with E-state index in [1.807, 2.05) is 51.1 Å². The van der Waals surface area contributed by atoms with E-state index in [4.69, 9.17) is 4.74 Å². The van der Waals surface area contributed by atoms with Crippen molar-refractivity contribution in [2.45, 2.75) is 31.7 Å². The summed E-state index contributed by atoms with van der Waals surface area (Å²) in [6, 6.07) is 12.5. The van der Waals surface area contributed by atoms with Crippen LogP contribution in [0.5, 0.6) is 5.75 Å². The summed E-state index contributed by atoms with van der Waals surface area (Å²) in [6.45, 7) is 5.63. The Morgan fingerprint density at radius 2 is 1.64 bits per heavy atom. The first-order chi connectivity index (χ1) is 10.3. The number of nitrogens with one attached hydrogen (secondary N) is 1. The predicted molar refractivity (Wildman–Crippen MR) is 87.6 cm³/mol. The molecule has 0 saturated carbocycles. The Labute approximate surface area is 132 Å². The molecule has 5 heteroatoms. The second-order valence-electron chi connectivity index (χ2n) is 5.34. The lowest BCUT2D eigenvalue weighted by molar-refractivity contribution is 0.401. The Kier molecular flexibility index (Phi) is 4.88. The molecule has 2 aromatic carbocycles. The highest BCUT2D eigenvalue weighted by Gasteiger charge is 2.23. The second kappa shape index (κ2) is 6.50. The van der Waals surface area contributed by atoms with Crippen molar-refractivity contribution in [2.24, 2.45) is 0 Å². The van der Waals surface area contributed by atoms with Crippen LogP contribution in [0.3, 0.4) is 0 Å². The van der Waals surface area contributed by atoms with E-state index in [-0.39, 0.29) is 10.9 Å². The fraction of sp³-hybridized carbons (Fsp3) is 0.294. The zero-order chi connectivity index (χ0) is 16.3. The van der Waals surface area contributed by atoms with Crippen molar-refractivity contribution in [3.8, 4) is 5.75 Å². The maximum atomic E-state index is 12.7. The molecule has 0 aliphatic carbocycles. The number of hydrogen-bond acceptors (Lipinski definition) is 3. The smallest absolute Gasteiger partial charge is 0.244 e. The molecule has 0 fully saturated rings. The van der Waals surface area contributed by atoms with Gasteiger partial charge in [-0.25, -0.2) is 13.1 Å². The summed E-state index contributed by atoms with van der Waals surface area (Å²) in [5, 5.41) is 0. The third-order valence-electron chi connectivity index (χ3n) is 3.70. The van der Waals surface area contributed by atoms with Gasteiger partial charge in [-0.2, -0.15) is 0 Å². The van der Waals surface area contributed by atoms with E-state index in [0.29, 0.717) is 5.75 Å². The molecule has 1 atom stereocenters. The molecule has 0 aliphatic rings. The van der Waals surface area contributed by atoms with E-state index in [9.17, 15) is 8.42 Å². The summed E-state index contributed by atoms with van der Waals surface area (Å²) in [5.41, 5.74) is 2.81. The van der Waals surface area contributed by atoms with Crippen LogP contribution < -0.4 is 9.46 Å². The van der Waals surface area contributed by atoms with Gasteiger partial charge in [0.1, 0.15) is 10.6 Å². The average Bonchev–Trinajstić information content (AvgIpc) is 2.49. The maximum Gasteiger partial charge on any atom is 0.244 e. The SMILES string of the molecule is COc1cc(C)c(C)cc1S(=O)(=O)N[C@@H](C)c1ccccc1. The molecule has 22 heavy (non-hydrogen) atoms. The van der Waals surface area contributed by atoms with Crippen molar-refractivity contribution in [1.82, 2.24) is 4.72 Å². The summed E-state index contributed by atoms with van der Waals surface area (Å²) in [6.07, 6.45) is 0. The van der Waals surface area contributed by atoms with Crippen LogP contribution in [0, 0.1) is 13.8 Å². The Morgan fingerprint density at radius 3 is 2.23 bits per heavy atom. The molecule has 2 aromatic rings. The molecule has 1 N–H and O–H groups in total. The largest absolute Gasteiger partial charge is 0.495 e. The standard InChI is InChI=1S/C17H21NO3S/c1-12-10-16(21-4)17(11-13(12)2)22(19,20)18-14(3)15-8-6-5-7-9-15/h5-11,14,18H,1-4H3/t14-/m0/s1. The molecule has 0 radical (unpaired) electrons. The molecule has 0 aromatic heterocycles. The average molecular weight is 319 g/mol. The van der Waals surface area contributed by atoms with E-state index in [1.54, 1.807) is 12.1 Å². The highest BCUT2D eigenvalue weighted by molar-refractivity contribution is 7.89. The lowest BCUT2D eigenvalue weighted by Crippen LogP contribution is -2.27. The molecule has 0 aliphatic heterocycles. The first kappa shape index (κ1) is 16.5. The Hall–Kier alpha value is -1.85. The summed E-state index contributed by atoms with van der Waals surface area (Å²) in [5.74, 6) is 0.357. The van der Waals surface area contributed by atoms with Crippen molar-refractivity contribution < 1.29 is 13.2 Å². The van der Waals surface area contributed by atoms with Crippen LogP contribution in [-0.2, 0) is 10.0 Å². The number of aryl methyl sites for hydroxylation is 2. The molecule has 0 unspecified atom stereocenters. The summed E-state index contributed by atoms with van der Waals surface area (Å²) in [4.78, 5) is 0.167. The van der Waals surface area contributed by atoms with Gasteiger partial charge >= 0.3 is 0 Å². The highest BCUT2D eigenvalue weighted by Crippen LogP contribution is 2.28. The van der Waals surface area contributed by atoms with Gasteiger partial charge in [0.25, 0.3) is 0 Å². The van der Waals surface area contributed by atoms with Crippen LogP contribution in [0.15, 0.2) is 47.4 Å². The molecule has 0 spiro atoms. The molecule has 4 nitrogen and oxygen atoms in total. The fourth-order valence-corrected chi connectivity index (χ4v) is 3.71. The van der Waals surface area contributed by atoms with Crippen LogP contribution in [0.4, 0.5) is 0 Å². The molecule has 0 bridgehead atoms. The van der Waals surface area contributed by atoms with Crippen molar-refractivity contribution in [3.05, 3.63) is 59.2 Å². The number of methoxy groups -OCH3 is 1. The van der Waals surface area contributed by atoms with Gasteiger partial charge in [0, 0.05) is 6.04 Å². The minimum Gasteiger partial charge on any atom is -0.495 e. The van der Waals surface area contributed by atoms with Gasteiger partial charge in [-0.05, 0) is 49.6 Å². The zero-order valence-corrected chi connectivity index (χ0v) is 14.1. The van der Waals surface area contributed by atoms with Gasteiger partial charge in [0.05, 0.1) is 7.11 Å². The number of ether oxygens (including phenoxy) is 1. The van der Waals surface area contributed by atoms with E-state index < -0.39 is 10.0 Å². The quantitative estimate of drug-likeness (QED) is 0.919. The molecule has 2 rings (SSSR count). The van der Waals surface area contributed by atoms with Gasteiger partial charge in [0.2, 0.25) is 10.0 Å². The summed E-state index contributed by atoms with van der Waals surface area (Å²) in [7, 11) is -2.19. The van der Waals surface area contributed by atoms with Crippen molar-refractivity contribution in [2.75, 3.05) is 7.11 Å². The van der Waals surface area contributed by atoms with Gasteiger partial charge in [-0.15, -0.1) is 0 Å². The first-order valence-electron chi connectivity index (χ1n) is 7.07. The minimum atomic E-state index is -3.66. The number of hydrogen-bond donors (Lipinski definition) is 1. The van der Waals surface area contributed by atoms with Gasteiger partial charge < -0.3 is 4.74 Å². The molecular weight excluding hydrogens is 298 g/mol. The predicted octanol–water partition coefficient (Wildman–Crippen LogP) is 3.35. The van der Waals surface area contributed by atoms with Gasteiger partial charge in [-0.1, -0.05) is 30.3 Å². The van der Waals surface area contributed by atoms with E-state index in [2.05, 4.69) is 4.72 Å². The molecule has 0 amide bonds. The fourth-order valence-electron chi connectivity index (χ4n) is 2.24. The molecular formula is C17H21NO3S. The van der Waals surface area contributed by atoms with Crippen LogP contribution in [0.1, 0.15) is 29.7 Å². The van der Waals surface area contributed by atoms with Crippen molar-refractivity contribution in [3.63, 3.8) is 0 Å². The third kappa shape index (κ3) is 3.48. The maximum absolute atomic E-state index is 12.7. The Bertz CT molecular complexity index is 755. The molecule has 0 heterocycles. The molecule has 0 saturated heterocycles. The monoisotopic (exact) mass is 319 g/mol. The van der Waals surface area contributed by atoms with Gasteiger partial charge in [-0.3, -0.25) is 0 Å². The van der Waals surface area contributed by atoms with Crippen LogP contribution in [0.25, 0.3) is 0 Å². The Balaban J connectivity index is 2.37. The van der Waals surface area contributed by atoms with Crippen LogP contribution in [-0.4, -0.2) is 15.5 Å². The highest BCUT2D eigenvalue weighted by atomic mass is 32.2. The third-order valence-corrected chi connectivity index (χ3v) is 5.26. The molecule has 118 valence electrons. The number of sulfonamides is 1. The minimum absolute atomic E-state index is 0.167. The number of benzene rings is 2. The van der Waals surface area contributed by atoms with E-state index >= 15 is 0 Å². The van der Waals surface area contributed by atoms with Crippen LogP contribution >= 0.6 is 0 Å². The number of rotatable bonds is 5. The normalized spacial score (nSPS) is 12.9. The van der Waals surface area contributed by atoms with Crippen molar-refractivity contribution >= 4 is 10.0 Å². The van der Waals surface area contributed by atoms with E-state index in [0.717, 1.165) is 16.7 Å². The summed E-state index contributed by atoms with van der Waals surface area (Å²) >= 11 is 0. The zero-order valence-electron chi connectivity index (χ0n) is 13.3. The van der Waals surface area contributed by atoms with Crippen molar-refractivity contribution in [1.29, 1.82) is 0 Å². The van der Waals surface area contributed by atoms with Crippen LogP contribution in [0.2, 0.25) is 0 Å². The lowest BCUT2D eigenvalue weighted by atomic mass is 10.1. The first-order valence-corrected chi connectivity index (χ1v) is 8.56. The van der Waals surface area contributed by atoms with Gasteiger partial charge in [0.15, 0.2) is 0 Å². The second-order valence-corrected chi connectivity index (χ2v) is 7.02. The Morgan fingerprint density at radius 1 is 1.05 bits per heavy atom. The lowest BCUT2D eigenvalue weighted by Gasteiger charge is -2.17. The summed E-state index contributed by atoms with van der Waals surface area (Å²) < 4.78 is 33.3. The van der Waals surface area contributed by atoms with E-state index in [1.165, 1.54) is 7.11 Å².